The smallest absolute Gasteiger partial charge is 0.218 e. The second-order valence-electron chi connectivity index (χ2n) is 8.58. The lowest BCUT2D eigenvalue weighted by Crippen LogP contribution is -2.36. The number of alkyl halides is 1. The van der Waals surface area contributed by atoms with E-state index in [1.165, 1.54) is 18.1 Å². The molecule has 2 N–H and O–H groups in total. The highest BCUT2D eigenvalue weighted by Gasteiger charge is 2.67. The van der Waals surface area contributed by atoms with Crippen LogP contribution in [0.5, 0.6) is 11.6 Å². The molecule has 0 spiro atoms. The van der Waals surface area contributed by atoms with Crippen molar-refractivity contribution >= 4 is 28.0 Å². The van der Waals surface area contributed by atoms with Crippen LogP contribution in [0.3, 0.4) is 0 Å². The van der Waals surface area contributed by atoms with Gasteiger partial charge < -0.3 is 15.2 Å². The van der Waals surface area contributed by atoms with Crippen molar-refractivity contribution in [3.63, 3.8) is 0 Å². The molecule has 2 aliphatic rings. The molecule has 1 aliphatic carbocycles. The summed E-state index contributed by atoms with van der Waals surface area (Å²) in [4.78, 5) is 22.5. The standard InChI is InChI=1S/C24H23FN6O2S/c1-4-5-33-15-8-18-20(27-11-15)17(29-13-30-18)7-14-6-16(21(32-3)28-10-14)23(2)19-9-24(19,12-25)34-22(26)31-23/h1,6,8,10-11,13,19H,5,7,9,12H2,2-3H3,(H2,26,31)/t19-,23+,24+/m0/s1. The van der Waals surface area contributed by atoms with E-state index in [9.17, 15) is 4.39 Å². The van der Waals surface area contributed by atoms with E-state index in [1.807, 2.05) is 13.0 Å². The van der Waals surface area contributed by atoms with E-state index in [0.717, 1.165) is 16.8 Å². The average Bonchev–Trinajstić information content (AvgIpc) is 3.58. The summed E-state index contributed by atoms with van der Waals surface area (Å²) in [5.41, 5.74) is 9.12. The van der Waals surface area contributed by atoms with E-state index < -0.39 is 17.0 Å². The number of nitrogens with two attached hydrogens (primary N) is 1. The Balaban J connectivity index is 1.51. The predicted octanol–water partition coefficient (Wildman–Crippen LogP) is 3.04. The molecule has 34 heavy (non-hydrogen) atoms. The number of thioether (sulfide) groups is 1. The topological polar surface area (TPSA) is 108 Å². The summed E-state index contributed by atoms with van der Waals surface area (Å²) in [6.45, 7) is 1.68. The Hall–Kier alpha value is -3.45. The molecule has 10 heteroatoms. The lowest BCUT2D eigenvalue weighted by molar-refractivity contribution is 0.340. The molecule has 3 atom stereocenters. The zero-order valence-corrected chi connectivity index (χ0v) is 19.6. The van der Waals surface area contributed by atoms with E-state index >= 15 is 0 Å². The SMILES string of the molecule is C#CCOc1cnc2c(Cc3cnc(OC)c([C@@]4(C)N=C(N)S[C@@]5(CF)C[C@H]54)c3)ncnc2c1. The first kappa shape index (κ1) is 22.3. The number of pyridine rings is 2. The van der Waals surface area contributed by atoms with Crippen LogP contribution in [0.1, 0.15) is 30.2 Å². The summed E-state index contributed by atoms with van der Waals surface area (Å²) < 4.78 is 24.4. The first-order valence-electron chi connectivity index (χ1n) is 10.7. The van der Waals surface area contributed by atoms with Crippen LogP contribution in [0, 0.1) is 18.3 Å². The average molecular weight is 479 g/mol. The number of rotatable bonds is 7. The van der Waals surface area contributed by atoms with Crippen molar-refractivity contribution in [2.75, 3.05) is 20.4 Å². The van der Waals surface area contributed by atoms with Crippen LogP contribution in [-0.2, 0) is 12.0 Å². The third-order valence-electron chi connectivity index (χ3n) is 6.45. The number of ether oxygens (including phenoxy) is 2. The third-order valence-corrected chi connectivity index (χ3v) is 7.71. The number of nitrogens with zero attached hydrogens (tertiary/aromatic N) is 5. The molecular formula is C24H23FN6O2S. The van der Waals surface area contributed by atoms with E-state index in [0.29, 0.717) is 40.7 Å². The number of hydrogen-bond donors (Lipinski definition) is 1. The molecule has 8 nitrogen and oxygen atoms in total. The highest BCUT2D eigenvalue weighted by atomic mass is 32.2. The number of halogens is 1. The number of methoxy groups -OCH3 is 1. The van der Waals surface area contributed by atoms with Crippen LogP contribution >= 0.6 is 11.8 Å². The van der Waals surface area contributed by atoms with Gasteiger partial charge >= 0.3 is 0 Å². The van der Waals surface area contributed by atoms with Crippen molar-refractivity contribution in [3.8, 4) is 24.0 Å². The van der Waals surface area contributed by atoms with Crippen molar-refractivity contribution in [2.24, 2.45) is 16.6 Å². The number of amidine groups is 1. The van der Waals surface area contributed by atoms with Gasteiger partial charge in [0.25, 0.3) is 0 Å². The van der Waals surface area contributed by atoms with Crippen LogP contribution in [0.4, 0.5) is 4.39 Å². The molecule has 1 fully saturated rings. The summed E-state index contributed by atoms with van der Waals surface area (Å²) in [5.74, 6) is 3.44. The normalized spacial score (nSPS) is 25.2. The van der Waals surface area contributed by atoms with Crippen LogP contribution < -0.4 is 15.2 Å². The maximum atomic E-state index is 13.9. The Bertz CT molecular complexity index is 1340. The summed E-state index contributed by atoms with van der Waals surface area (Å²) in [7, 11) is 1.57. The van der Waals surface area contributed by atoms with E-state index in [2.05, 4.69) is 25.9 Å². The Morgan fingerprint density at radius 1 is 1.26 bits per heavy atom. The van der Waals surface area contributed by atoms with Gasteiger partial charge in [-0.3, -0.25) is 4.99 Å². The molecule has 3 aromatic heterocycles. The van der Waals surface area contributed by atoms with E-state index in [4.69, 9.17) is 26.6 Å². The fraction of sp³-hybridized carbons (Fsp3) is 0.375. The minimum Gasteiger partial charge on any atom is -0.481 e. The molecule has 1 aliphatic heterocycles. The molecule has 3 aromatic rings. The summed E-state index contributed by atoms with van der Waals surface area (Å²) in [6.07, 6.45) is 11.3. The second kappa shape index (κ2) is 8.40. The van der Waals surface area contributed by atoms with Gasteiger partial charge in [0.05, 0.1) is 34.8 Å². The van der Waals surface area contributed by atoms with Crippen molar-refractivity contribution in [1.29, 1.82) is 0 Å². The fourth-order valence-corrected chi connectivity index (χ4v) is 6.02. The minimum atomic E-state index is -0.731. The van der Waals surface area contributed by atoms with Crippen molar-refractivity contribution in [1.82, 2.24) is 19.9 Å². The van der Waals surface area contributed by atoms with Gasteiger partial charge in [0.1, 0.15) is 30.9 Å². The number of aliphatic imine (C=N–C) groups is 1. The van der Waals surface area contributed by atoms with Gasteiger partial charge in [-0.05, 0) is 25.0 Å². The molecule has 1 saturated carbocycles. The predicted molar refractivity (Wildman–Crippen MR) is 129 cm³/mol. The first-order chi connectivity index (χ1) is 16.4. The van der Waals surface area contributed by atoms with Crippen molar-refractivity contribution < 1.29 is 13.9 Å². The largest absolute Gasteiger partial charge is 0.481 e. The minimum absolute atomic E-state index is 0.0104. The van der Waals surface area contributed by atoms with Crippen LogP contribution in [0.2, 0.25) is 0 Å². The first-order valence-corrected chi connectivity index (χ1v) is 11.5. The van der Waals surface area contributed by atoms with E-state index in [-0.39, 0.29) is 12.5 Å². The molecule has 4 heterocycles. The lowest BCUT2D eigenvalue weighted by atomic mass is 9.85. The zero-order chi connectivity index (χ0) is 23.9. The molecule has 0 saturated heterocycles. The highest BCUT2D eigenvalue weighted by molar-refractivity contribution is 8.15. The van der Waals surface area contributed by atoms with Gasteiger partial charge in [-0.25, -0.2) is 24.3 Å². The summed E-state index contributed by atoms with van der Waals surface area (Å²) in [5, 5.41) is 0.384. The van der Waals surface area contributed by atoms with Crippen molar-refractivity contribution in [2.45, 2.75) is 30.1 Å². The Morgan fingerprint density at radius 3 is 2.88 bits per heavy atom. The number of terminal acetylenes is 1. The molecule has 5 rings (SSSR count). The Labute approximate surface area is 200 Å². The lowest BCUT2D eigenvalue weighted by Gasteiger charge is -2.33. The van der Waals surface area contributed by atoms with Gasteiger partial charge in [-0.1, -0.05) is 17.7 Å². The molecule has 0 unspecified atom stereocenters. The molecule has 0 amide bonds. The van der Waals surface area contributed by atoms with E-state index in [1.54, 1.807) is 25.6 Å². The maximum absolute atomic E-state index is 13.9. The van der Waals surface area contributed by atoms with Crippen LogP contribution in [-0.4, -0.2) is 50.2 Å². The molecule has 0 aromatic carbocycles. The Kier molecular flexibility index (Phi) is 5.52. The van der Waals surface area contributed by atoms with Crippen molar-refractivity contribution in [3.05, 3.63) is 47.7 Å². The fourth-order valence-electron chi connectivity index (χ4n) is 4.69. The second-order valence-corrected chi connectivity index (χ2v) is 10.0. The van der Waals surface area contributed by atoms with Crippen LogP contribution in [0.15, 0.2) is 35.8 Å². The van der Waals surface area contributed by atoms with Gasteiger partial charge in [0, 0.05) is 30.2 Å². The molecular weight excluding hydrogens is 455 g/mol. The molecule has 174 valence electrons. The maximum Gasteiger partial charge on any atom is 0.218 e. The third kappa shape index (κ3) is 3.70. The van der Waals surface area contributed by atoms with Gasteiger partial charge in [-0.15, -0.1) is 6.42 Å². The van der Waals surface area contributed by atoms with Gasteiger partial charge in [-0.2, -0.15) is 0 Å². The summed E-state index contributed by atoms with van der Waals surface area (Å²) >= 11 is 1.33. The Morgan fingerprint density at radius 2 is 2.12 bits per heavy atom. The number of hydrogen-bond acceptors (Lipinski definition) is 9. The number of fused-ring (bicyclic) bond motifs is 2. The summed E-state index contributed by atoms with van der Waals surface area (Å²) in [6, 6.07) is 3.78. The zero-order valence-electron chi connectivity index (χ0n) is 18.8. The molecule has 0 radical (unpaired) electrons. The van der Waals surface area contributed by atoms with Gasteiger partial charge in [0.15, 0.2) is 5.17 Å². The monoisotopic (exact) mass is 478 g/mol. The van der Waals surface area contributed by atoms with Crippen LogP contribution in [0.25, 0.3) is 11.0 Å². The highest BCUT2D eigenvalue weighted by Crippen LogP contribution is 2.66. The molecule has 0 bridgehead atoms. The number of aromatic nitrogens is 4. The van der Waals surface area contributed by atoms with Gasteiger partial charge in [0.2, 0.25) is 5.88 Å². The quantitative estimate of drug-likeness (QED) is 0.516.